The molecule has 2 amide bonds. The standard InChI is InChI=1S/C18H24N2O6S2.C8H4Cl2O2.C5H11NO2S.CHCl3.ClH/c1-3-25-17(23)13(9-27)19-15(21)11-6-5-7-12(8-11)16(22)20-14(10-28)18(24)26-4-2;9-7(11)5-2-1-3-6(4-5)8(10)12;1-2-8-5(7)4(6)3-9;2-1(3)4;/h5-8,13-14,27-28H,3-4,9-10H2,1-2H3,(H,19,21)(H,20,22);1-4H;4,9H,2-3,6H2,1H3;1H;1H/t13-,14-;;4-;;/m0.0../s1. The second-order valence-electron chi connectivity index (χ2n) is 9.42. The summed E-state index contributed by atoms with van der Waals surface area (Å²) < 4.78 is 13.6. The van der Waals surface area contributed by atoms with Gasteiger partial charge < -0.3 is 30.6 Å². The highest BCUT2D eigenvalue weighted by molar-refractivity contribution is 7.80. The largest absolute Gasteiger partial charge is 0.465 e. The number of hydrogen-bond acceptors (Lipinski definition) is 14. The lowest BCUT2D eigenvalue weighted by molar-refractivity contribution is -0.145. The van der Waals surface area contributed by atoms with Crippen LogP contribution in [0.3, 0.4) is 0 Å². The average molecular weight is 937 g/mol. The van der Waals surface area contributed by atoms with Crippen LogP contribution in [0.15, 0.2) is 48.5 Å². The normalized spacial score (nSPS) is 11.4. The summed E-state index contributed by atoms with van der Waals surface area (Å²) in [6.45, 7) is 5.80. The molecule has 0 aliphatic carbocycles. The zero-order valence-electron chi connectivity index (χ0n) is 29.0. The van der Waals surface area contributed by atoms with Gasteiger partial charge >= 0.3 is 17.9 Å². The molecule has 13 nitrogen and oxygen atoms in total. The van der Waals surface area contributed by atoms with Gasteiger partial charge in [0.15, 0.2) is 4.30 Å². The molecule has 0 unspecified atom stereocenters. The molecular formula is C32H41Cl6N3O10S3. The SMILES string of the molecule is CCOC(=O)[C@@H](N)CS.CCOC(=O)[C@H](CS)NC(=O)c1cccc(C(=O)N[C@@H](CS)C(=O)OCC)c1.Cl.ClC(Cl)Cl.O=C(Cl)c1cccc(C(=O)Cl)c1. The van der Waals surface area contributed by atoms with Gasteiger partial charge in [0.1, 0.15) is 18.1 Å². The van der Waals surface area contributed by atoms with Crippen LogP contribution in [-0.2, 0) is 28.6 Å². The number of esters is 3. The number of rotatable bonds is 15. The molecule has 54 heavy (non-hydrogen) atoms. The van der Waals surface area contributed by atoms with Crippen molar-refractivity contribution in [2.45, 2.75) is 43.2 Å². The number of amides is 2. The minimum absolute atomic E-state index is 0. The minimum Gasteiger partial charge on any atom is -0.465 e. The molecule has 4 N–H and O–H groups in total. The maximum absolute atomic E-state index is 12.4. The molecule has 0 saturated heterocycles. The highest BCUT2D eigenvalue weighted by Crippen LogP contribution is 2.10. The van der Waals surface area contributed by atoms with Crippen LogP contribution in [0.25, 0.3) is 0 Å². The van der Waals surface area contributed by atoms with E-state index in [4.69, 9.17) is 73.2 Å². The van der Waals surface area contributed by atoms with E-state index >= 15 is 0 Å². The van der Waals surface area contributed by atoms with Gasteiger partial charge in [-0.1, -0.05) is 59.1 Å². The topological polar surface area (TPSA) is 197 Å². The lowest BCUT2D eigenvalue weighted by Gasteiger charge is -2.16. The smallest absolute Gasteiger partial charge is 0.329 e. The van der Waals surface area contributed by atoms with Crippen LogP contribution >= 0.6 is 108 Å². The minimum atomic E-state index is -0.911. The number of thiol groups is 3. The molecule has 0 aliphatic rings. The Morgan fingerprint density at radius 2 is 0.907 bits per heavy atom. The molecule has 0 bridgehead atoms. The molecule has 0 spiro atoms. The molecule has 304 valence electrons. The molecular weight excluding hydrogens is 895 g/mol. The molecule has 3 atom stereocenters. The summed E-state index contributed by atoms with van der Waals surface area (Å²) in [4.78, 5) is 80.2. The van der Waals surface area contributed by atoms with Gasteiger partial charge in [0.2, 0.25) is 0 Å². The molecule has 0 heterocycles. The predicted octanol–water partition coefficient (Wildman–Crippen LogP) is 5.53. The van der Waals surface area contributed by atoms with Crippen molar-refractivity contribution in [1.82, 2.24) is 10.6 Å². The number of nitrogens with two attached hydrogens (primary N) is 1. The van der Waals surface area contributed by atoms with E-state index in [0.717, 1.165) is 0 Å². The van der Waals surface area contributed by atoms with Crippen molar-refractivity contribution in [3.8, 4) is 0 Å². The Morgan fingerprint density at radius 1 is 0.611 bits per heavy atom. The van der Waals surface area contributed by atoms with Crippen LogP contribution in [0.2, 0.25) is 0 Å². The van der Waals surface area contributed by atoms with Crippen LogP contribution in [0.1, 0.15) is 62.2 Å². The van der Waals surface area contributed by atoms with Crippen LogP contribution in [0.5, 0.6) is 0 Å². The van der Waals surface area contributed by atoms with Crippen molar-refractivity contribution in [3.05, 3.63) is 70.8 Å². The first-order valence-electron chi connectivity index (χ1n) is 15.2. The number of hydrogen-bond donors (Lipinski definition) is 6. The van der Waals surface area contributed by atoms with Crippen molar-refractivity contribution in [1.29, 1.82) is 0 Å². The van der Waals surface area contributed by atoms with Crippen molar-refractivity contribution in [2.75, 3.05) is 37.1 Å². The predicted molar refractivity (Wildman–Crippen MR) is 224 cm³/mol. The highest BCUT2D eigenvalue weighted by Gasteiger charge is 2.24. The van der Waals surface area contributed by atoms with E-state index in [1.54, 1.807) is 26.8 Å². The van der Waals surface area contributed by atoms with Gasteiger partial charge in [0.25, 0.3) is 22.3 Å². The maximum atomic E-state index is 12.4. The first-order chi connectivity index (χ1) is 24.9. The summed E-state index contributed by atoms with van der Waals surface area (Å²) in [7, 11) is 0. The lowest BCUT2D eigenvalue weighted by atomic mass is 10.1. The summed E-state index contributed by atoms with van der Waals surface area (Å²) >= 11 is 36.7. The van der Waals surface area contributed by atoms with Crippen LogP contribution < -0.4 is 16.4 Å². The second-order valence-corrected chi connectivity index (χ2v) is 13.2. The Balaban J connectivity index is -0.000000816. The first-order valence-corrected chi connectivity index (χ1v) is 19.1. The number of nitrogens with one attached hydrogen (secondary N) is 2. The summed E-state index contributed by atoms with van der Waals surface area (Å²) in [5.41, 5.74) is 6.12. The van der Waals surface area contributed by atoms with E-state index in [1.807, 2.05) is 0 Å². The zero-order valence-corrected chi connectivity index (χ0v) is 36.2. The number of halogens is 6. The van der Waals surface area contributed by atoms with Gasteiger partial charge in [-0.25, -0.2) is 9.59 Å². The molecule has 0 radical (unpaired) electrons. The van der Waals surface area contributed by atoms with Crippen molar-refractivity contribution >= 4 is 149 Å². The van der Waals surface area contributed by atoms with Gasteiger partial charge in [0, 0.05) is 39.5 Å². The number of alkyl halides is 3. The van der Waals surface area contributed by atoms with Crippen LogP contribution in [0, 0.1) is 0 Å². The van der Waals surface area contributed by atoms with E-state index in [2.05, 4.69) is 53.3 Å². The Bertz CT molecular complexity index is 1410. The third-order valence-corrected chi connectivity index (χ3v) is 7.17. The van der Waals surface area contributed by atoms with Gasteiger partial charge in [-0.15, -0.1) is 12.4 Å². The van der Waals surface area contributed by atoms with Crippen LogP contribution in [-0.4, -0.2) is 99.7 Å². The summed E-state index contributed by atoms with van der Waals surface area (Å²) in [5, 5.41) is 3.82. The molecule has 0 fully saturated rings. The number of carbonyl (C=O) groups excluding carboxylic acids is 7. The average Bonchev–Trinajstić information content (AvgIpc) is 3.12. The quantitative estimate of drug-likeness (QED) is 0.0432. The van der Waals surface area contributed by atoms with Gasteiger partial charge in [-0.2, -0.15) is 37.9 Å². The number of benzene rings is 2. The highest BCUT2D eigenvalue weighted by atomic mass is 35.6. The summed E-state index contributed by atoms with van der Waals surface area (Å²) in [6, 6.07) is 9.39. The van der Waals surface area contributed by atoms with Gasteiger partial charge in [0.05, 0.1) is 19.8 Å². The molecule has 0 saturated carbocycles. The van der Waals surface area contributed by atoms with Gasteiger partial charge in [-0.05, 0) is 68.2 Å². The van der Waals surface area contributed by atoms with E-state index in [-0.39, 0.29) is 65.3 Å². The van der Waals surface area contributed by atoms with Crippen molar-refractivity contribution in [2.24, 2.45) is 5.73 Å². The first kappa shape index (κ1) is 56.2. The Morgan fingerprint density at radius 3 is 1.19 bits per heavy atom. The number of ether oxygens (including phenoxy) is 3. The second kappa shape index (κ2) is 33.1. The molecule has 0 aromatic heterocycles. The van der Waals surface area contributed by atoms with E-state index in [0.29, 0.717) is 12.4 Å². The van der Waals surface area contributed by atoms with E-state index in [9.17, 15) is 33.6 Å². The van der Waals surface area contributed by atoms with E-state index < -0.39 is 56.7 Å². The zero-order chi connectivity index (χ0) is 41.1. The Kier molecular flexibility index (Phi) is 34.4. The van der Waals surface area contributed by atoms with Gasteiger partial charge in [-0.3, -0.25) is 24.0 Å². The Hall–Kier alpha value is -2.12. The monoisotopic (exact) mass is 933 g/mol. The maximum Gasteiger partial charge on any atom is 0.329 e. The number of carbonyl (C=O) groups is 7. The summed E-state index contributed by atoms with van der Waals surface area (Å²) in [5.74, 6) is -2.22. The third-order valence-electron chi connectivity index (χ3n) is 5.61. The molecule has 2 aromatic carbocycles. The lowest BCUT2D eigenvalue weighted by Crippen LogP contribution is -2.44. The van der Waals surface area contributed by atoms with E-state index in [1.165, 1.54) is 42.5 Å². The summed E-state index contributed by atoms with van der Waals surface area (Å²) in [6.07, 6.45) is 0. The molecule has 22 heteroatoms. The van der Waals surface area contributed by atoms with Crippen molar-refractivity contribution in [3.63, 3.8) is 0 Å². The fraction of sp³-hybridized carbons (Fsp3) is 0.406. The third kappa shape index (κ3) is 25.1. The Labute approximate surface area is 361 Å². The van der Waals surface area contributed by atoms with Crippen LogP contribution in [0.4, 0.5) is 0 Å². The fourth-order valence-corrected chi connectivity index (χ4v) is 4.08. The van der Waals surface area contributed by atoms with Crippen molar-refractivity contribution < 1.29 is 47.8 Å². The molecule has 2 rings (SSSR count). The molecule has 0 aliphatic heterocycles. The fourth-order valence-electron chi connectivity index (χ4n) is 3.22. The molecule has 2 aromatic rings.